The van der Waals surface area contributed by atoms with Gasteiger partial charge in [0, 0.05) is 17.8 Å². The summed E-state index contributed by atoms with van der Waals surface area (Å²) in [6.45, 7) is 0.676. The second-order valence-electron chi connectivity index (χ2n) is 5.06. The summed E-state index contributed by atoms with van der Waals surface area (Å²) in [4.78, 5) is 14.4. The first-order valence-corrected chi connectivity index (χ1v) is 6.93. The molecule has 0 aliphatic carbocycles. The molecule has 0 unspecified atom stereocenters. The van der Waals surface area contributed by atoms with Crippen LogP contribution in [0.4, 0.5) is 10.1 Å². The lowest BCUT2D eigenvalue weighted by molar-refractivity contribution is 0.0985. The molecule has 2 aromatic carbocycles. The molecule has 21 heavy (non-hydrogen) atoms. The van der Waals surface area contributed by atoms with E-state index in [-0.39, 0.29) is 11.7 Å². The second kappa shape index (κ2) is 5.56. The molecule has 3 nitrogen and oxygen atoms in total. The Kier molecular flexibility index (Phi) is 3.60. The quantitative estimate of drug-likeness (QED) is 0.846. The molecular formula is C17H16FNO2. The summed E-state index contributed by atoms with van der Waals surface area (Å²) in [7, 11) is 1.63. The lowest BCUT2D eigenvalue weighted by Crippen LogP contribution is -2.35. The predicted octanol–water partition coefficient (Wildman–Crippen LogP) is 3.43. The van der Waals surface area contributed by atoms with Crippen molar-refractivity contribution >= 4 is 11.6 Å². The summed E-state index contributed by atoms with van der Waals surface area (Å²) in [6, 6.07) is 11.4. The zero-order valence-corrected chi connectivity index (χ0v) is 11.8. The number of ether oxygens (including phenoxy) is 1. The average Bonchev–Trinajstić information content (AvgIpc) is 2.53. The highest BCUT2D eigenvalue weighted by Crippen LogP contribution is 2.31. The molecule has 0 saturated heterocycles. The van der Waals surface area contributed by atoms with Gasteiger partial charge in [0.05, 0.1) is 7.11 Å². The predicted molar refractivity (Wildman–Crippen MR) is 79.4 cm³/mol. The minimum Gasteiger partial charge on any atom is -0.497 e. The average molecular weight is 285 g/mol. The van der Waals surface area contributed by atoms with Crippen molar-refractivity contribution < 1.29 is 13.9 Å². The van der Waals surface area contributed by atoms with E-state index in [2.05, 4.69) is 0 Å². The van der Waals surface area contributed by atoms with Crippen LogP contribution in [0.2, 0.25) is 0 Å². The van der Waals surface area contributed by atoms with Gasteiger partial charge in [-0.2, -0.15) is 0 Å². The Bertz CT molecular complexity index is 667. The van der Waals surface area contributed by atoms with Crippen LogP contribution < -0.4 is 9.64 Å². The van der Waals surface area contributed by atoms with Crippen LogP contribution in [0, 0.1) is 5.82 Å². The molecule has 1 heterocycles. The van der Waals surface area contributed by atoms with Crippen LogP contribution in [-0.4, -0.2) is 19.6 Å². The van der Waals surface area contributed by atoms with Crippen LogP contribution in [0.3, 0.4) is 0 Å². The van der Waals surface area contributed by atoms with Gasteiger partial charge in [-0.15, -0.1) is 0 Å². The van der Waals surface area contributed by atoms with Crippen LogP contribution >= 0.6 is 0 Å². The Balaban J connectivity index is 1.94. The Labute approximate surface area is 123 Å². The van der Waals surface area contributed by atoms with Gasteiger partial charge < -0.3 is 9.64 Å². The minimum atomic E-state index is -0.338. The first-order valence-electron chi connectivity index (χ1n) is 6.93. The molecule has 1 aliphatic rings. The number of nitrogens with zero attached hydrogens (tertiary/aromatic N) is 1. The number of carbonyl (C=O) groups is 1. The Morgan fingerprint density at radius 1 is 1.19 bits per heavy atom. The van der Waals surface area contributed by atoms with E-state index in [1.807, 2.05) is 18.2 Å². The molecule has 0 atom stereocenters. The van der Waals surface area contributed by atoms with Gasteiger partial charge in [0.15, 0.2) is 0 Å². The van der Waals surface area contributed by atoms with E-state index >= 15 is 0 Å². The van der Waals surface area contributed by atoms with E-state index in [9.17, 15) is 9.18 Å². The first kappa shape index (κ1) is 13.6. The number of fused-ring (bicyclic) bond motifs is 1. The van der Waals surface area contributed by atoms with Crippen LogP contribution in [0.1, 0.15) is 22.3 Å². The number of hydrogen-bond acceptors (Lipinski definition) is 2. The van der Waals surface area contributed by atoms with Gasteiger partial charge in [-0.3, -0.25) is 4.79 Å². The van der Waals surface area contributed by atoms with Crippen molar-refractivity contribution in [3.63, 3.8) is 0 Å². The third-order valence-corrected chi connectivity index (χ3v) is 3.74. The Hall–Kier alpha value is -2.36. The number of rotatable bonds is 2. The van der Waals surface area contributed by atoms with Gasteiger partial charge in [-0.25, -0.2) is 4.39 Å². The van der Waals surface area contributed by atoms with Crippen LogP contribution in [0.5, 0.6) is 5.75 Å². The van der Waals surface area contributed by atoms with E-state index in [1.165, 1.54) is 24.3 Å². The van der Waals surface area contributed by atoms with Gasteiger partial charge in [0.2, 0.25) is 0 Å². The molecule has 0 fully saturated rings. The van der Waals surface area contributed by atoms with Gasteiger partial charge in [0.1, 0.15) is 11.6 Å². The fourth-order valence-corrected chi connectivity index (χ4v) is 2.66. The zero-order chi connectivity index (χ0) is 14.8. The molecule has 0 radical (unpaired) electrons. The SMILES string of the molecule is COc1ccc2c(c1)CCCN2C(=O)c1ccc(F)cc1. The van der Waals surface area contributed by atoms with Crippen molar-refractivity contribution in [1.82, 2.24) is 0 Å². The second-order valence-corrected chi connectivity index (χ2v) is 5.06. The van der Waals surface area contributed by atoms with Gasteiger partial charge in [-0.05, 0) is 60.9 Å². The standard InChI is InChI=1S/C17H16FNO2/c1-21-15-8-9-16-13(11-15)3-2-10-19(16)17(20)12-4-6-14(18)7-5-12/h4-9,11H,2-3,10H2,1H3. The summed E-state index contributed by atoms with van der Waals surface area (Å²) in [6.07, 6.45) is 1.84. The fraction of sp³-hybridized carbons (Fsp3) is 0.235. The Morgan fingerprint density at radius 3 is 2.67 bits per heavy atom. The van der Waals surface area contributed by atoms with Crippen molar-refractivity contribution in [1.29, 1.82) is 0 Å². The largest absolute Gasteiger partial charge is 0.497 e. The van der Waals surface area contributed by atoms with Crippen LogP contribution in [-0.2, 0) is 6.42 Å². The van der Waals surface area contributed by atoms with Crippen molar-refractivity contribution in [3.05, 3.63) is 59.4 Å². The number of hydrogen-bond donors (Lipinski definition) is 0. The number of halogens is 1. The lowest BCUT2D eigenvalue weighted by atomic mass is 10.0. The van der Waals surface area contributed by atoms with Crippen molar-refractivity contribution in [2.45, 2.75) is 12.8 Å². The summed E-state index contributed by atoms with van der Waals surface area (Å²) in [5.41, 5.74) is 2.52. The molecule has 1 amide bonds. The molecule has 1 aliphatic heterocycles. The molecule has 0 spiro atoms. The summed E-state index contributed by atoms with van der Waals surface area (Å²) in [5.74, 6) is 0.362. The van der Waals surface area contributed by atoms with Crippen molar-refractivity contribution in [2.24, 2.45) is 0 Å². The molecule has 2 aromatic rings. The number of anilines is 1. The molecular weight excluding hydrogens is 269 g/mol. The van der Waals surface area contributed by atoms with E-state index in [0.717, 1.165) is 29.8 Å². The molecule has 0 saturated carbocycles. The molecule has 0 N–H and O–H groups in total. The van der Waals surface area contributed by atoms with E-state index < -0.39 is 0 Å². The maximum atomic E-state index is 13.0. The monoisotopic (exact) mass is 285 g/mol. The number of methoxy groups -OCH3 is 1. The van der Waals surface area contributed by atoms with E-state index in [4.69, 9.17) is 4.74 Å². The summed E-state index contributed by atoms with van der Waals surface area (Å²) < 4.78 is 18.2. The number of amides is 1. The van der Waals surface area contributed by atoms with Crippen LogP contribution in [0.15, 0.2) is 42.5 Å². The number of carbonyl (C=O) groups excluding carboxylic acids is 1. The normalized spacial score (nSPS) is 13.7. The van der Waals surface area contributed by atoms with Crippen LogP contribution in [0.25, 0.3) is 0 Å². The third-order valence-electron chi connectivity index (χ3n) is 3.74. The lowest BCUT2D eigenvalue weighted by Gasteiger charge is -2.29. The summed E-state index contributed by atoms with van der Waals surface area (Å²) in [5, 5.41) is 0. The molecule has 3 rings (SSSR count). The minimum absolute atomic E-state index is 0.0962. The fourth-order valence-electron chi connectivity index (χ4n) is 2.66. The van der Waals surface area contributed by atoms with Gasteiger partial charge in [0.25, 0.3) is 5.91 Å². The highest BCUT2D eigenvalue weighted by molar-refractivity contribution is 6.06. The Morgan fingerprint density at radius 2 is 1.95 bits per heavy atom. The number of benzene rings is 2. The maximum Gasteiger partial charge on any atom is 0.258 e. The topological polar surface area (TPSA) is 29.5 Å². The van der Waals surface area contributed by atoms with Crippen molar-refractivity contribution in [2.75, 3.05) is 18.6 Å². The molecule has 4 heteroatoms. The van der Waals surface area contributed by atoms with Gasteiger partial charge >= 0.3 is 0 Å². The van der Waals surface area contributed by atoms with Crippen molar-refractivity contribution in [3.8, 4) is 5.75 Å². The summed E-state index contributed by atoms with van der Waals surface area (Å²) >= 11 is 0. The smallest absolute Gasteiger partial charge is 0.258 e. The maximum absolute atomic E-state index is 13.0. The highest BCUT2D eigenvalue weighted by atomic mass is 19.1. The van der Waals surface area contributed by atoms with Gasteiger partial charge in [-0.1, -0.05) is 0 Å². The molecule has 0 bridgehead atoms. The third kappa shape index (κ3) is 2.61. The van der Waals surface area contributed by atoms with E-state index in [1.54, 1.807) is 12.0 Å². The first-order chi connectivity index (χ1) is 10.2. The van der Waals surface area contributed by atoms with E-state index in [0.29, 0.717) is 12.1 Å². The number of aryl methyl sites for hydroxylation is 1. The molecule has 108 valence electrons. The zero-order valence-electron chi connectivity index (χ0n) is 11.8. The highest BCUT2D eigenvalue weighted by Gasteiger charge is 2.23. The molecule has 0 aromatic heterocycles.